The fraction of sp³-hybridized carbons (Fsp3) is 0.130. The van der Waals surface area contributed by atoms with E-state index in [0.29, 0.717) is 10.7 Å². The van der Waals surface area contributed by atoms with Gasteiger partial charge >= 0.3 is 0 Å². The summed E-state index contributed by atoms with van der Waals surface area (Å²) in [5.74, 6) is -0.316. The summed E-state index contributed by atoms with van der Waals surface area (Å²) in [6.45, 7) is 2.17. The van der Waals surface area contributed by atoms with Crippen molar-refractivity contribution in [3.8, 4) is 11.3 Å². The largest absolute Gasteiger partial charge is 0.355 e. The maximum atomic E-state index is 12.6. The van der Waals surface area contributed by atoms with Crippen LogP contribution in [0.25, 0.3) is 17.4 Å². The molecule has 2 aromatic carbocycles. The van der Waals surface area contributed by atoms with Crippen molar-refractivity contribution >= 4 is 34.9 Å². The van der Waals surface area contributed by atoms with E-state index >= 15 is 0 Å². The predicted molar refractivity (Wildman–Crippen MR) is 118 cm³/mol. The van der Waals surface area contributed by atoms with Crippen molar-refractivity contribution in [1.82, 2.24) is 15.4 Å². The molecule has 0 radical (unpaired) electrons. The third-order valence-electron chi connectivity index (χ3n) is 4.67. The molecule has 8 heteroatoms. The second-order valence-corrected chi connectivity index (χ2v) is 7.94. The molecule has 31 heavy (non-hydrogen) atoms. The first kappa shape index (κ1) is 20.6. The molecule has 0 unspecified atom stereocenters. The van der Waals surface area contributed by atoms with Gasteiger partial charge in [0.2, 0.25) is 0 Å². The number of imide groups is 1. The number of aromatic nitrogens is 1. The number of hydrogen-bond acceptors (Lipinski definition) is 6. The fourth-order valence-corrected chi connectivity index (χ4v) is 3.86. The first-order valence-corrected chi connectivity index (χ1v) is 10.5. The number of thioether (sulfide) groups is 1. The molecule has 2 heterocycles. The highest BCUT2D eigenvalue weighted by Gasteiger charge is 2.34. The molecule has 1 aromatic heterocycles. The van der Waals surface area contributed by atoms with E-state index in [4.69, 9.17) is 4.52 Å². The van der Waals surface area contributed by atoms with Crippen LogP contribution in [0.1, 0.15) is 21.6 Å². The number of amides is 3. The topological polar surface area (TPSA) is 92.5 Å². The van der Waals surface area contributed by atoms with Crippen molar-refractivity contribution in [2.24, 2.45) is 0 Å². The zero-order chi connectivity index (χ0) is 21.8. The van der Waals surface area contributed by atoms with E-state index in [1.54, 1.807) is 12.1 Å². The minimum absolute atomic E-state index is 0.0744. The van der Waals surface area contributed by atoms with Gasteiger partial charge in [-0.05, 0) is 30.3 Å². The van der Waals surface area contributed by atoms with Crippen molar-refractivity contribution in [3.63, 3.8) is 0 Å². The predicted octanol–water partition coefficient (Wildman–Crippen LogP) is 4.12. The third kappa shape index (κ3) is 4.75. The number of carbonyl (C=O) groups excluding carboxylic acids is 3. The summed E-state index contributed by atoms with van der Waals surface area (Å²) in [5, 5.41) is 6.10. The van der Waals surface area contributed by atoms with Crippen LogP contribution in [0.2, 0.25) is 0 Å². The van der Waals surface area contributed by atoms with Gasteiger partial charge in [0.25, 0.3) is 17.1 Å². The van der Waals surface area contributed by atoms with Gasteiger partial charge < -0.3 is 9.84 Å². The van der Waals surface area contributed by atoms with Crippen LogP contribution < -0.4 is 5.32 Å². The maximum Gasteiger partial charge on any atom is 0.293 e. The van der Waals surface area contributed by atoms with E-state index in [-0.39, 0.29) is 29.9 Å². The molecule has 0 aliphatic carbocycles. The normalized spacial score (nSPS) is 15.0. The SMILES string of the molecule is Cc1ccc(/C=C2\SC(=O)N(CCNC(=O)c3cc(-c4ccccc4)on3)C2=O)cc1. The van der Waals surface area contributed by atoms with E-state index in [2.05, 4.69) is 10.5 Å². The summed E-state index contributed by atoms with van der Waals surface area (Å²) >= 11 is 0.895. The first-order valence-electron chi connectivity index (χ1n) is 9.63. The fourth-order valence-electron chi connectivity index (χ4n) is 3.00. The second-order valence-electron chi connectivity index (χ2n) is 6.94. The van der Waals surface area contributed by atoms with Gasteiger partial charge in [-0.15, -0.1) is 0 Å². The standard InChI is InChI=1S/C23H19N3O4S/c1-15-7-9-16(10-8-15)13-20-22(28)26(23(29)31-20)12-11-24-21(27)18-14-19(30-25-18)17-5-3-2-4-6-17/h2-10,13-14H,11-12H2,1H3,(H,24,27)/b20-13-. The second kappa shape index (κ2) is 9.01. The monoisotopic (exact) mass is 433 g/mol. The van der Waals surface area contributed by atoms with Crippen molar-refractivity contribution in [2.45, 2.75) is 6.92 Å². The number of benzene rings is 2. The van der Waals surface area contributed by atoms with Crippen LogP contribution in [-0.4, -0.2) is 40.2 Å². The summed E-state index contributed by atoms with van der Waals surface area (Å²) in [6, 6.07) is 18.5. The average Bonchev–Trinajstić information content (AvgIpc) is 3.37. The van der Waals surface area contributed by atoms with Crippen molar-refractivity contribution < 1.29 is 18.9 Å². The van der Waals surface area contributed by atoms with Gasteiger partial charge in [0.15, 0.2) is 11.5 Å². The molecule has 156 valence electrons. The number of hydrogen-bond donors (Lipinski definition) is 1. The Balaban J connectivity index is 1.33. The van der Waals surface area contributed by atoms with Gasteiger partial charge in [-0.3, -0.25) is 19.3 Å². The molecule has 1 aliphatic rings. The van der Waals surface area contributed by atoms with Crippen LogP contribution in [0.15, 0.2) is 70.1 Å². The lowest BCUT2D eigenvalue weighted by Crippen LogP contribution is -2.37. The number of carbonyl (C=O) groups is 3. The van der Waals surface area contributed by atoms with Crippen molar-refractivity contribution in [2.75, 3.05) is 13.1 Å². The van der Waals surface area contributed by atoms with Crippen LogP contribution >= 0.6 is 11.8 Å². The highest BCUT2D eigenvalue weighted by atomic mass is 32.2. The van der Waals surface area contributed by atoms with Gasteiger partial charge in [-0.2, -0.15) is 0 Å². The Hall–Kier alpha value is -3.65. The molecular weight excluding hydrogens is 414 g/mol. The van der Waals surface area contributed by atoms with E-state index in [9.17, 15) is 14.4 Å². The van der Waals surface area contributed by atoms with Crippen LogP contribution in [0.3, 0.4) is 0 Å². The Morgan fingerprint density at radius 1 is 1.13 bits per heavy atom. The number of nitrogens with zero attached hydrogens (tertiary/aromatic N) is 2. The summed E-state index contributed by atoms with van der Waals surface area (Å²) in [7, 11) is 0. The van der Waals surface area contributed by atoms with Gasteiger partial charge in [0.05, 0.1) is 4.91 Å². The van der Waals surface area contributed by atoms with Gasteiger partial charge in [-0.25, -0.2) is 0 Å². The molecule has 0 bridgehead atoms. The Morgan fingerprint density at radius 2 is 1.87 bits per heavy atom. The van der Waals surface area contributed by atoms with Crippen LogP contribution in [0.4, 0.5) is 4.79 Å². The molecule has 0 spiro atoms. The lowest BCUT2D eigenvalue weighted by molar-refractivity contribution is -0.122. The lowest BCUT2D eigenvalue weighted by Gasteiger charge is -2.12. The molecule has 0 saturated carbocycles. The molecule has 0 atom stereocenters. The van der Waals surface area contributed by atoms with Crippen LogP contribution in [0, 0.1) is 6.92 Å². The Labute approximate surface area is 183 Å². The van der Waals surface area contributed by atoms with Gasteiger partial charge in [0.1, 0.15) is 0 Å². The molecule has 1 saturated heterocycles. The minimum atomic E-state index is -0.437. The molecular formula is C23H19N3O4S. The lowest BCUT2D eigenvalue weighted by atomic mass is 10.1. The summed E-state index contributed by atoms with van der Waals surface area (Å²) in [4.78, 5) is 38.6. The van der Waals surface area contributed by atoms with Gasteiger partial charge in [0, 0.05) is 24.7 Å². The number of nitrogens with one attached hydrogen (secondary N) is 1. The van der Waals surface area contributed by atoms with Crippen LogP contribution in [-0.2, 0) is 4.79 Å². The van der Waals surface area contributed by atoms with Crippen molar-refractivity contribution in [1.29, 1.82) is 0 Å². The van der Waals surface area contributed by atoms with Crippen molar-refractivity contribution in [3.05, 3.63) is 82.4 Å². The molecule has 1 N–H and O–H groups in total. The molecule has 4 rings (SSSR count). The minimum Gasteiger partial charge on any atom is -0.355 e. The summed E-state index contributed by atoms with van der Waals surface area (Å²) in [6.07, 6.45) is 1.70. The van der Waals surface area contributed by atoms with Gasteiger partial charge in [-0.1, -0.05) is 65.3 Å². The number of rotatable bonds is 6. The van der Waals surface area contributed by atoms with E-state index in [1.807, 2.05) is 61.5 Å². The molecule has 3 amide bonds. The maximum absolute atomic E-state index is 12.6. The highest BCUT2D eigenvalue weighted by molar-refractivity contribution is 8.18. The Morgan fingerprint density at radius 3 is 2.61 bits per heavy atom. The average molecular weight is 433 g/mol. The van der Waals surface area contributed by atoms with E-state index in [0.717, 1.165) is 33.4 Å². The molecule has 1 aliphatic heterocycles. The Bertz CT molecular complexity index is 1150. The molecule has 3 aromatic rings. The smallest absolute Gasteiger partial charge is 0.293 e. The molecule has 1 fully saturated rings. The quantitative estimate of drug-likeness (QED) is 0.588. The summed E-state index contributed by atoms with van der Waals surface area (Å²) in [5.41, 5.74) is 2.91. The molecule has 7 nitrogen and oxygen atoms in total. The van der Waals surface area contributed by atoms with E-state index < -0.39 is 5.91 Å². The zero-order valence-corrected chi connectivity index (χ0v) is 17.5. The number of aryl methyl sites for hydroxylation is 1. The Kier molecular flexibility index (Phi) is 5.99. The zero-order valence-electron chi connectivity index (χ0n) is 16.7. The first-order chi connectivity index (χ1) is 15.0. The van der Waals surface area contributed by atoms with E-state index in [1.165, 1.54) is 0 Å². The highest BCUT2D eigenvalue weighted by Crippen LogP contribution is 2.31. The summed E-state index contributed by atoms with van der Waals surface area (Å²) < 4.78 is 5.22. The third-order valence-corrected chi connectivity index (χ3v) is 5.58. The van der Waals surface area contributed by atoms with Crippen LogP contribution in [0.5, 0.6) is 0 Å².